The summed E-state index contributed by atoms with van der Waals surface area (Å²) >= 11 is 0. The van der Waals surface area contributed by atoms with E-state index in [1.807, 2.05) is 0 Å². The summed E-state index contributed by atoms with van der Waals surface area (Å²) in [4.78, 5) is 22.2. The summed E-state index contributed by atoms with van der Waals surface area (Å²) in [6.07, 6.45) is 0. The van der Waals surface area contributed by atoms with E-state index in [2.05, 4.69) is 25.6 Å². The Morgan fingerprint density at radius 1 is 1.40 bits per heavy atom. The van der Waals surface area contributed by atoms with Gasteiger partial charge < -0.3 is 15.8 Å². The monoisotopic (exact) mass is 212 g/mol. The lowest BCUT2D eigenvalue weighted by molar-refractivity contribution is 0.259. The van der Waals surface area contributed by atoms with Gasteiger partial charge in [0.25, 0.3) is 0 Å². The summed E-state index contributed by atoms with van der Waals surface area (Å²) < 4.78 is 5.08. The third kappa shape index (κ3) is 3.25. The molecule has 0 bridgehead atoms. The van der Waals surface area contributed by atoms with Crippen molar-refractivity contribution in [2.75, 3.05) is 24.3 Å². The fourth-order valence-corrected chi connectivity index (χ4v) is 0.828. The van der Waals surface area contributed by atoms with E-state index in [4.69, 9.17) is 10.5 Å². The zero-order valence-corrected chi connectivity index (χ0v) is 8.44. The van der Waals surface area contributed by atoms with Crippen molar-refractivity contribution in [3.63, 3.8) is 0 Å². The van der Waals surface area contributed by atoms with E-state index in [1.54, 1.807) is 14.0 Å². The van der Waals surface area contributed by atoms with Gasteiger partial charge in [-0.3, -0.25) is 5.32 Å². The lowest BCUT2D eigenvalue weighted by atomic mass is 10.8. The SMILES string of the molecule is CCOc1nc(NC)nc(NC(N)=O)n1. The van der Waals surface area contributed by atoms with Crippen LogP contribution in [0.2, 0.25) is 0 Å². The molecule has 0 saturated heterocycles. The van der Waals surface area contributed by atoms with E-state index in [0.29, 0.717) is 6.61 Å². The molecular weight excluding hydrogens is 200 g/mol. The van der Waals surface area contributed by atoms with Gasteiger partial charge in [-0.2, -0.15) is 15.0 Å². The molecular formula is C7H12N6O2. The van der Waals surface area contributed by atoms with E-state index < -0.39 is 6.03 Å². The number of urea groups is 1. The van der Waals surface area contributed by atoms with Crippen LogP contribution in [0, 0.1) is 0 Å². The van der Waals surface area contributed by atoms with Crippen LogP contribution in [0.3, 0.4) is 0 Å². The molecule has 0 spiro atoms. The molecule has 0 saturated carbocycles. The molecule has 1 aromatic heterocycles. The third-order valence-corrected chi connectivity index (χ3v) is 1.35. The summed E-state index contributed by atoms with van der Waals surface area (Å²) in [5.41, 5.74) is 4.93. The molecule has 8 nitrogen and oxygen atoms in total. The van der Waals surface area contributed by atoms with Gasteiger partial charge in [-0.05, 0) is 6.92 Å². The first-order valence-electron chi connectivity index (χ1n) is 4.28. The molecule has 8 heteroatoms. The summed E-state index contributed by atoms with van der Waals surface area (Å²) in [5, 5.41) is 4.94. The van der Waals surface area contributed by atoms with E-state index in [1.165, 1.54) is 0 Å². The highest BCUT2D eigenvalue weighted by Crippen LogP contribution is 2.10. The molecule has 0 radical (unpaired) electrons. The zero-order valence-electron chi connectivity index (χ0n) is 8.44. The number of carbonyl (C=O) groups is 1. The van der Waals surface area contributed by atoms with Gasteiger partial charge in [-0.15, -0.1) is 0 Å². The summed E-state index contributed by atoms with van der Waals surface area (Å²) in [6, 6.07) is -0.619. The molecule has 4 N–H and O–H groups in total. The topological polar surface area (TPSA) is 115 Å². The third-order valence-electron chi connectivity index (χ3n) is 1.35. The molecule has 15 heavy (non-hydrogen) atoms. The van der Waals surface area contributed by atoms with Crippen molar-refractivity contribution in [1.82, 2.24) is 15.0 Å². The van der Waals surface area contributed by atoms with Crippen LogP contribution in [-0.2, 0) is 0 Å². The summed E-state index contributed by atoms with van der Waals surface area (Å²) in [5.74, 6) is 0.336. The van der Waals surface area contributed by atoms with Crippen LogP contribution in [0.4, 0.5) is 16.7 Å². The molecule has 0 aliphatic rings. The minimum atomic E-state index is -0.745. The molecule has 82 valence electrons. The van der Waals surface area contributed by atoms with Crippen LogP contribution in [-0.4, -0.2) is 34.6 Å². The van der Waals surface area contributed by atoms with Gasteiger partial charge in [0, 0.05) is 7.05 Å². The fraction of sp³-hybridized carbons (Fsp3) is 0.429. The van der Waals surface area contributed by atoms with Crippen molar-refractivity contribution >= 4 is 17.9 Å². The Morgan fingerprint density at radius 3 is 2.60 bits per heavy atom. The predicted octanol–water partition coefficient (Wildman–Crippen LogP) is -0.197. The van der Waals surface area contributed by atoms with E-state index >= 15 is 0 Å². The Balaban J connectivity index is 2.94. The molecule has 0 aromatic carbocycles. The normalized spacial score (nSPS) is 9.47. The van der Waals surface area contributed by atoms with Crippen molar-refractivity contribution in [2.24, 2.45) is 5.73 Å². The van der Waals surface area contributed by atoms with Crippen LogP contribution in [0.5, 0.6) is 6.01 Å². The Morgan fingerprint density at radius 2 is 2.07 bits per heavy atom. The van der Waals surface area contributed by atoms with Gasteiger partial charge in [0.2, 0.25) is 11.9 Å². The van der Waals surface area contributed by atoms with Crippen molar-refractivity contribution in [3.05, 3.63) is 0 Å². The molecule has 1 aromatic rings. The second-order valence-electron chi connectivity index (χ2n) is 2.44. The second kappa shape index (κ2) is 4.94. The van der Waals surface area contributed by atoms with Gasteiger partial charge in [-0.1, -0.05) is 0 Å². The minimum absolute atomic E-state index is 0.0466. The largest absolute Gasteiger partial charge is 0.464 e. The molecule has 0 unspecified atom stereocenters. The molecule has 1 rings (SSSR count). The van der Waals surface area contributed by atoms with Crippen LogP contribution < -0.4 is 21.1 Å². The number of carbonyl (C=O) groups excluding carboxylic acids is 1. The maximum Gasteiger partial charge on any atom is 0.323 e. The quantitative estimate of drug-likeness (QED) is 0.636. The van der Waals surface area contributed by atoms with Gasteiger partial charge in [-0.25, -0.2) is 4.79 Å². The first-order valence-corrected chi connectivity index (χ1v) is 4.28. The van der Waals surface area contributed by atoms with Crippen molar-refractivity contribution in [3.8, 4) is 6.01 Å². The van der Waals surface area contributed by atoms with Crippen molar-refractivity contribution in [2.45, 2.75) is 6.92 Å². The lowest BCUT2D eigenvalue weighted by Gasteiger charge is -2.06. The smallest absolute Gasteiger partial charge is 0.323 e. The average molecular weight is 212 g/mol. The highest BCUT2D eigenvalue weighted by atomic mass is 16.5. The number of hydrogen-bond acceptors (Lipinski definition) is 6. The number of nitrogens with two attached hydrogens (primary N) is 1. The number of amides is 2. The first-order chi connectivity index (χ1) is 7.15. The highest BCUT2D eigenvalue weighted by Gasteiger charge is 2.07. The average Bonchev–Trinajstić information content (AvgIpc) is 2.16. The second-order valence-corrected chi connectivity index (χ2v) is 2.44. The Bertz CT molecular complexity index is 355. The molecule has 0 fully saturated rings. The van der Waals surface area contributed by atoms with Crippen LogP contribution in [0.1, 0.15) is 6.92 Å². The van der Waals surface area contributed by atoms with Gasteiger partial charge in [0.05, 0.1) is 6.61 Å². The number of primary amides is 1. The number of anilines is 2. The Hall–Kier alpha value is -2.12. The minimum Gasteiger partial charge on any atom is -0.464 e. The van der Waals surface area contributed by atoms with Gasteiger partial charge in [0.1, 0.15) is 0 Å². The van der Waals surface area contributed by atoms with Crippen molar-refractivity contribution in [1.29, 1.82) is 0 Å². The zero-order chi connectivity index (χ0) is 11.3. The van der Waals surface area contributed by atoms with E-state index in [0.717, 1.165) is 0 Å². The maximum absolute atomic E-state index is 10.6. The molecule has 2 amide bonds. The Kier molecular flexibility index (Phi) is 3.61. The number of aromatic nitrogens is 3. The van der Waals surface area contributed by atoms with Gasteiger partial charge in [0.15, 0.2) is 0 Å². The maximum atomic E-state index is 10.6. The predicted molar refractivity (Wildman–Crippen MR) is 53.7 cm³/mol. The van der Waals surface area contributed by atoms with Crippen molar-refractivity contribution < 1.29 is 9.53 Å². The summed E-state index contributed by atoms with van der Waals surface area (Å²) in [7, 11) is 1.64. The Labute approximate surface area is 86.3 Å². The highest BCUT2D eigenvalue weighted by molar-refractivity contribution is 5.85. The van der Waals surface area contributed by atoms with E-state index in [-0.39, 0.29) is 17.9 Å². The number of rotatable bonds is 4. The number of ether oxygens (including phenoxy) is 1. The molecule has 0 aliphatic carbocycles. The standard InChI is InChI=1S/C7H12N6O2/c1-3-15-7-12-5(9-2)11-6(13-7)10-4(8)14/h3H2,1-2H3,(H4,8,9,10,11,12,13,14). The molecule has 0 atom stereocenters. The summed E-state index contributed by atoms with van der Waals surface area (Å²) in [6.45, 7) is 2.22. The van der Waals surface area contributed by atoms with E-state index in [9.17, 15) is 4.79 Å². The molecule has 1 heterocycles. The molecule has 0 aliphatic heterocycles. The number of hydrogen-bond donors (Lipinski definition) is 3. The number of nitrogens with zero attached hydrogens (tertiary/aromatic N) is 3. The van der Waals surface area contributed by atoms with Crippen LogP contribution in [0.25, 0.3) is 0 Å². The van der Waals surface area contributed by atoms with Crippen LogP contribution >= 0.6 is 0 Å². The first kappa shape index (κ1) is 11.0. The number of nitrogens with one attached hydrogen (secondary N) is 2. The van der Waals surface area contributed by atoms with Gasteiger partial charge >= 0.3 is 12.0 Å². The fourth-order valence-electron chi connectivity index (χ4n) is 0.828. The van der Waals surface area contributed by atoms with Crippen LogP contribution in [0.15, 0.2) is 0 Å². The lowest BCUT2D eigenvalue weighted by Crippen LogP contribution is -2.21.